The SMILES string of the molecule is CCCCOC(=O)N1CCNCC1C(=O)[C@H](CCC(=O)O)NC(=O)c1csc(-c2ccccc2)n1. The Bertz CT molecular complexity index is 1030. The molecule has 3 N–H and O–H groups in total. The number of hydrogen-bond donors (Lipinski definition) is 3. The lowest BCUT2D eigenvalue weighted by Gasteiger charge is -2.36. The third-order valence-electron chi connectivity index (χ3n) is 5.58. The molecule has 2 heterocycles. The van der Waals surface area contributed by atoms with Crippen LogP contribution in [0.4, 0.5) is 4.79 Å². The summed E-state index contributed by atoms with van der Waals surface area (Å²) in [5.74, 6) is -2.11. The molecule has 35 heavy (non-hydrogen) atoms. The Morgan fingerprint density at radius 3 is 2.77 bits per heavy atom. The van der Waals surface area contributed by atoms with E-state index < -0.39 is 35.8 Å². The zero-order valence-corrected chi connectivity index (χ0v) is 20.4. The maximum absolute atomic E-state index is 13.4. The third-order valence-corrected chi connectivity index (χ3v) is 6.47. The van der Waals surface area contributed by atoms with Gasteiger partial charge in [-0.25, -0.2) is 9.78 Å². The lowest BCUT2D eigenvalue weighted by molar-refractivity contribution is -0.137. The van der Waals surface area contributed by atoms with Crippen LogP contribution in [0.25, 0.3) is 10.6 Å². The van der Waals surface area contributed by atoms with Crippen LogP contribution in [0.1, 0.15) is 43.1 Å². The maximum Gasteiger partial charge on any atom is 0.410 e. The van der Waals surface area contributed by atoms with Crippen LogP contribution in [0, 0.1) is 0 Å². The number of hydrogen-bond acceptors (Lipinski definition) is 8. The number of rotatable bonds is 11. The van der Waals surface area contributed by atoms with E-state index in [2.05, 4.69) is 15.6 Å². The summed E-state index contributed by atoms with van der Waals surface area (Å²) in [6.07, 6.45) is 0.568. The number of thiazole rings is 1. The molecule has 1 fully saturated rings. The molecule has 0 bridgehead atoms. The molecule has 2 atom stereocenters. The predicted molar refractivity (Wildman–Crippen MR) is 130 cm³/mol. The molecule has 1 aromatic heterocycles. The highest BCUT2D eigenvalue weighted by molar-refractivity contribution is 7.13. The highest BCUT2D eigenvalue weighted by Gasteiger charge is 2.37. The Labute approximate surface area is 207 Å². The zero-order chi connectivity index (χ0) is 25.2. The van der Waals surface area contributed by atoms with Crippen molar-refractivity contribution < 1.29 is 29.0 Å². The van der Waals surface area contributed by atoms with Crippen LogP contribution < -0.4 is 10.6 Å². The number of carbonyl (C=O) groups excluding carboxylic acids is 3. The van der Waals surface area contributed by atoms with Crippen molar-refractivity contribution in [1.82, 2.24) is 20.5 Å². The second-order valence-electron chi connectivity index (χ2n) is 8.15. The number of aromatic nitrogens is 1. The number of carbonyl (C=O) groups is 4. The Morgan fingerprint density at radius 2 is 2.06 bits per heavy atom. The molecule has 2 amide bonds. The summed E-state index contributed by atoms with van der Waals surface area (Å²) in [6, 6.07) is 7.40. The largest absolute Gasteiger partial charge is 0.481 e. The predicted octanol–water partition coefficient (Wildman–Crippen LogP) is 2.55. The monoisotopic (exact) mass is 502 g/mol. The van der Waals surface area contributed by atoms with Crippen molar-refractivity contribution in [2.24, 2.45) is 0 Å². The van der Waals surface area contributed by atoms with E-state index in [0.29, 0.717) is 18.0 Å². The summed E-state index contributed by atoms with van der Waals surface area (Å²) in [4.78, 5) is 55.9. The molecule has 188 valence electrons. The quantitative estimate of drug-likeness (QED) is 0.399. The van der Waals surface area contributed by atoms with Crippen molar-refractivity contribution in [2.75, 3.05) is 26.2 Å². The molecule has 1 saturated heterocycles. The molecule has 0 aliphatic carbocycles. The topological polar surface area (TPSA) is 138 Å². The van der Waals surface area contributed by atoms with Crippen molar-refractivity contribution in [2.45, 2.75) is 44.7 Å². The van der Waals surface area contributed by atoms with Crippen LogP contribution in [0.15, 0.2) is 35.7 Å². The fourth-order valence-corrected chi connectivity index (χ4v) is 4.48. The lowest BCUT2D eigenvalue weighted by atomic mass is 9.98. The minimum atomic E-state index is -1.10. The smallest absolute Gasteiger partial charge is 0.410 e. The lowest BCUT2D eigenvalue weighted by Crippen LogP contribution is -2.61. The van der Waals surface area contributed by atoms with E-state index in [1.165, 1.54) is 16.2 Å². The van der Waals surface area contributed by atoms with E-state index in [-0.39, 0.29) is 38.2 Å². The maximum atomic E-state index is 13.4. The van der Waals surface area contributed by atoms with Crippen LogP contribution in [0.5, 0.6) is 0 Å². The molecule has 2 aromatic rings. The van der Waals surface area contributed by atoms with Gasteiger partial charge in [-0.2, -0.15) is 0 Å². The molecule has 0 saturated carbocycles. The van der Waals surface area contributed by atoms with E-state index in [1.54, 1.807) is 5.38 Å². The molecule has 0 spiro atoms. The second kappa shape index (κ2) is 13.0. The Balaban J connectivity index is 1.74. The summed E-state index contributed by atoms with van der Waals surface area (Å²) in [6.45, 7) is 3.20. The van der Waals surface area contributed by atoms with Gasteiger partial charge in [0.25, 0.3) is 5.91 Å². The van der Waals surface area contributed by atoms with Crippen LogP contribution in [0.3, 0.4) is 0 Å². The minimum absolute atomic E-state index is 0.106. The summed E-state index contributed by atoms with van der Waals surface area (Å²) in [5.41, 5.74) is 1.00. The van der Waals surface area contributed by atoms with Gasteiger partial charge in [-0.15, -0.1) is 11.3 Å². The highest BCUT2D eigenvalue weighted by atomic mass is 32.1. The second-order valence-corrected chi connectivity index (χ2v) is 9.00. The highest BCUT2D eigenvalue weighted by Crippen LogP contribution is 2.23. The van der Waals surface area contributed by atoms with Crippen LogP contribution in [-0.4, -0.2) is 77.1 Å². The van der Waals surface area contributed by atoms with Gasteiger partial charge in [0.05, 0.1) is 12.6 Å². The van der Waals surface area contributed by atoms with Crippen LogP contribution in [0.2, 0.25) is 0 Å². The van der Waals surface area contributed by atoms with Crippen molar-refractivity contribution >= 4 is 35.1 Å². The number of benzene rings is 1. The van der Waals surface area contributed by atoms with Gasteiger partial charge in [-0.05, 0) is 12.8 Å². The average Bonchev–Trinajstić information content (AvgIpc) is 3.37. The number of aliphatic carboxylic acids is 1. The number of carboxylic acids is 1. The van der Waals surface area contributed by atoms with Gasteiger partial charge in [0, 0.05) is 37.0 Å². The van der Waals surface area contributed by atoms with Gasteiger partial charge < -0.3 is 20.5 Å². The number of amides is 2. The average molecular weight is 503 g/mol. The van der Waals surface area contributed by atoms with Crippen molar-refractivity contribution in [3.05, 3.63) is 41.4 Å². The van der Waals surface area contributed by atoms with E-state index in [4.69, 9.17) is 9.84 Å². The third kappa shape index (κ3) is 7.33. The molecule has 3 rings (SSSR count). The van der Waals surface area contributed by atoms with Crippen LogP contribution in [-0.2, 0) is 14.3 Å². The standard InChI is InChI=1S/C24H30N4O6S/c1-2-3-13-34-24(33)28-12-11-25-14-19(28)21(31)17(9-10-20(29)30)26-22(32)18-15-35-23(27-18)16-7-5-4-6-8-16/h4-8,15,17,19,25H,2-3,9-14H2,1H3,(H,26,32)(H,29,30)/t17-,19?/m0/s1. The number of nitrogens with one attached hydrogen (secondary N) is 2. The number of nitrogens with zero attached hydrogens (tertiary/aromatic N) is 2. The number of Topliss-reactive ketones (excluding diaryl/α,β-unsaturated/α-hetero) is 1. The number of unbranched alkanes of at least 4 members (excludes halogenated alkanes) is 1. The Hall–Kier alpha value is -3.31. The molecular formula is C24H30N4O6S. The van der Waals surface area contributed by atoms with Gasteiger partial charge >= 0.3 is 12.1 Å². The Morgan fingerprint density at radius 1 is 1.29 bits per heavy atom. The van der Waals surface area contributed by atoms with E-state index in [9.17, 15) is 19.2 Å². The number of piperazine rings is 1. The minimum Gasteiger partial charge on any atom is -0.481 e. The zero-order valence-electron chi connectivity index (χ0n) is 19.6. The molecule has 1 aliphatic rings. The van der Waals surface area contributed by atoms with Crippen molar-refractivity contribution in [3.8, 4) is 10.6 Å². The van der Waals surface area contributed by atoms with E-state index in [0.717, 1.165) is 12.0 Å². The van der Waals surface area contributed by atoms with Gasteiger partial charge in [0.15, 0.2) is 5.78 Å². The van der Waals surface area contributed by atoms with Crippen molar-refractivity contribution in [3.63, 3.8) is 0 Å². The van der Waals surface area contributed by atoms with Gasteiger partial charge in [0.1, 0.15) is 16.7 Å². The number of carboxylic acid groups (broad SMARTS) is 1. The number of ketones is 1. The molecule has 1 aliphatic heterocycles. The molecule has 10 nitrogen and oxygen atoms in total. The summed E-state index contributed by atoms with van der Waals surface area (Å²) >= 11 is 1.30. The molecular weight excluding hydrogens is 472 g/mol. The fraction of sp³-hybridized carbons (Fsp3) is 0.458. The van der Waals surface area contributed by atoms with Gasteiger partial charge in [-0.3, -0.25) is 19.3 Å². The first-order chi connectivity index (χ1) is 16.9. The first-order valence-electron chi connectivity index (χ1n) is 11.6. The molecule has 1 aromatic carbocycles. The fourth-order valence-electron chi connectivity index (χ4n) is 3.67. The van der Waals surface area contributed by atoms with Crippen LogP contribution >= 0.6 is 11.3 Å². The number of ether oxygens (including phenoxy) is 1. The van der Waals surface area contributed by atoms with E-state index in [1.807, 2.05) is 37.3 Å². The normalized spacial score (nSPS) is 16.4. The van der Waals surface area contributed by atoms with Gasteiger partial charge in [-0.1, -0.05) is 43.7 Å². The molecule has 1 unspecified atom stereocenters. The summed E-state index contributed by atoms with van der Waals surface area (Å²) < 4.78 is 5.29. The summed E-state index contributed by atoms with van der Waals surface area (Å²) in [5, 5.41) is 17.1. The molecule has 11 heteroatoms. The van der Waals surface area contributed by atoms with E-state index >= 15 is 0 Å². The molecule has 0 radical (unpaired) electrons. The first kappa shape index (κ1) is 26.3. The van der Waals surface area contributed by atoms with Crippen molar-refractivity contribution in [1.29, 1.82) is 0 Å². The summed E-state index contributed by atoms with van der Waals surface area (Å²) in [7, 11) is 0. The first-order valence-corrected chi connectivity index (χ1v) is 12.5. The Kier molecular flexibility index (Phi) is 9.74. The van der Waals surface area contributed by atoms with Gasteiger partial charge in [0.2, 0.25) is 0 Å².